The number of hydrogen-bond acceptors (Lipinski definition) is 3. The second-order valence-corrected chi connectivity index (χ2v) is 8.53. The van der Waals surface area contributed by atoms with Crippen molar-refractivity contribution in [3.63, 3.8) is 0 Å². The Kier molecular flexibility index (Phi) is 6.03. The van der Waals surface area contributed by atoms with Crippen LogP contribution < -0.4 is 5.32 Å². The molecule has 0 fully saturated rings. The van der Waals surface area contributed by atoms with E-state index in [2.05, 4.69) is 5.32 Å². The van der Waals surface area contributed by atoms with E-state index < -0.39 is 10.8 Å². The highest BCUT2D eigenvalue weighted by Crippen LogP contribution is 2.35. The van der Waals surface area contributed by atoms with Crippen LogP contribution in [0.15, 0.2) is 24.3 Å². The van der Waals surface area contributed by atoms with Crippen LogP contribution in [0.3, 0.4) is 0 Å². The number of thiophene rings is 1. The first kappa shape index (κ1) is 17.5. The molecule has 1 aromatic heterocycles. The highest BCUT2D eigenvalue weighted by molar-refractivity contribution is 7.83. The molecule has 1 heterocycles. The van der Waals surface area contributed by atoms with Crippen molar-refractivity contribution in [2.24, 2.45) is 0 Å². The summed E-state index contributed by atoms with van der Waals surface area (Å²) in [7, 11) is -0.858. The number of amides is 1. The Morgan fingerprint density at radius 3 is 2.27 bits per heavy atom. The van der Waals surface area contributed by atoms with Crippen molar-refractivity contribution in [2.75, 3.05) is 6.26 Å². The summed E-state index contributed by atoms with van der Waals surface area (Å²) in [4.78, 5) is 12.2. The zero-order valence-electron chi connectivity index (χ0n) is 12.1. The molecular weight excluding hydrogens is 361 g/mol. The summed E-state index contributed by atoms with van der Waals surface area (Å²) in [5.74, 6) is 0.305. The topological polar surface area (TPSA) is 46.2 Å². The third-order valence-corrected chi connectivity index (χ3v) is 5.66. The molecule has 1 aromatic carbocycles. The van der Waals surface area contributed by atoms with Gasteiger partial charge in [-0.15, -0.1) is 11.3 Å². The van der Waals surface area contributed by atoms with Crippen LogP contribution in [0.5, 0.6) is 0 Å². The van der Waals surface area contributed by atoms with Gasteiger partial charge < -0.3 is 5.32 Å². The Bertz CT molecular complexity index is 711. The van der Waals surface area contributed by atoms with Crippen molar-refractivity contribution in [3.05, 3.63) is 55.2 Å². The normalized spacial score (nSPS) is 12.2. The summed E-state index contributed by atoms with van der Waals surface area (Å²) < 4.78 is 12.1. The van der Waals surface area contributed by atoms with Crippen LogP contribution in [0.4, 0.5) is 0 Å². The zero-order chi connectivity index (χ0) is 16.3. The molecule has 0 saturated carbocycles. The van der Waals surface area contributed by atoms with E-state index >= 15 is 0 Å². The number of nitrogens with one attached hydrogen (secondary N) is 1. The largest absolute Gasteiger partial charge is 0.348 e. The third-order valence-electron chi connectivity index (χ3n) is 3.12. The molecule has 22 heavy (non-hydrogen) atoms. The van der Waals surface area contributed by atoms with Gasteiger partial charge in [-0.05, 0) is 23.6 Å². The predicted molar refractivity (Wildman–Crippen MR) is 94.5 cm³/mol. The molecule has 3 nitrogen and oxygen atoms in total. The molecule has 2 aromatic rings. The second kappa shape index (κ2) is 7.59. The number of benzene rings is 1. The number of halogens is 2. The minimum absolute atomic E-state index is 0.232. The highest BCUT2D eigenvalue weighted by Gasteiger charge is 2.18. The van der Waals surface area contributed by atoms with E-state index in [1.165, 1.54) is 11.3 Å². The molecule has 1 unspecified atom stereocenters. The van der Waals surface area contributed by atoms with E-state index in [4.69, 9.17) is 23.2 Å². The minimum Gasteiger partial charge on any atom is -0.348 e. The monoisotopic (exact) mass is 375 g/mol. The van der Waals surface area contributed by atoms with Crippen molar-refractivity contribution in [1.82, 2.24) is 5.32 Å². The first-order valence-corrected chi connectivity index (χ1v) is 9.79. The van der Waals surface area contributed by atoms with Crippen molar-refractivity contribution in [2.45, 2.75) is 19.2 Å². The van der Waals surface area contributed by atoms with Crippen LogP contribution in [0.25, 0.3) is 0 Å². The van der Waals surface area contributed by atoms with Gasteiger partial charge >= 0.3 is 0 Å². The average Bonchev–Trinajstić information content (AvgIpc) is 2.70. The maximum absolute atomic E-state index is 12.2. The van der Waals surface area contributed by atoms with E-state index in [1.807, 2.05) is 24.3 Å². The van der Waals surface area contributed by atoms with Crippen LogP contribution in [-0.2, 0) is 23.1 Å². The van der Waals surface area contributed by atoms with Crippen LogP contribution >= 0.6 is 34.5 Å². The standard InChI is InChI=1S/C15H15Cl2NO2S2/c1-9-12(14(17)21-13(9)16)15(19)18-7-10-3-5-11(6-4-10)8-22(2)20/h3-6H,7-8H2,1-2H3,(H,18,19). The fraction of sp³-hybridized carbons (Fsp3) is 0.267. The lowest BCUT2D eigenvalue weighted by molar-refractivity contribution is 0.0951. The van der Waals surface area contributed by atoms with E-state index in [-0.39, 0.29) is 5.91 Å². The summed E-state index contributed by atoms with van der Waals surface area (Å²) >= 11 is 13.2. The molecule has 118 valence electrons. The minimum atomic E-state index is -0.858. The van der Waals surface area contributed by atoms with Crippen LogP contribution in [0, 0.1) is 6.92 Å². The van der Waals surface area contributed by atoms with Crippen LogP contribution in [-0.4, -0.2) is 16.4 Å². The second-order valence-electron chi connectivity index (χ2n) is 4.87. The van der Waals surface area contributed by atoms with Gasteiger partial charge in [0.2, 0.25) is 0 Å². The number of rotatable bonds is 5. The Hall–Kier alpha value is -0.880. The molecule has 1 amide bonds. The van der Waals surface area contributed by atoms with E-state index in [1.54, 1.807) is 13.2 Å². The summed E-state index contributed by atoms with van der Waals surface area (Å²) in [6.07, 6.45) is 1.67. The first-order valence-electron chi connectivity index (χ1n) is 6.49. The Morgan fingerprint density at radius 1 is 1.18 bits per heavy atom. The molecule has 0 bridgehead atoms. The lowest BCUT2D eigenvalue weighted by Crippen LogP contribution is -2.23. The molecule has 0 spiro atoms. The fourth-order valence-electron chi connectivity index (χ4n) is 1.97. The van der Waals surface area contributed by atoms with Gasteiger partial charge in [0.15, 0.2) is 0 Å². The molecule has 0 saturated heterocycles. The van der Waals surface area contributed by atoms with Crippen molar-refractivity contribution >= 4 is 51.2 Å². The van der Waals surface area contributed by atoms with E-state index in [0.717, 1.165) is 11.1 Å². The van der Waals surface area contributed by atoms with Gasteiger partial charge in [0.05, 0.1) is 9.90 Å². The highest BCUT2D eigenvalue weighted by atomic mass is 35.5. The zero-order valence-corrected chi connectivity index (χ0v) is 15.3. The lowest BCUT2D eigenvalue weighted by Gasteiger charge is -2.07. The molecule has 2 rings (SSSR count). The number of carbonyl (C=O) groups excluding carboxylic acids is 1. The van der Waals surface area contributed by atoms with Gasteiger partial charge in [0.1, 0.15) is 4.34 Å². The first-order chi connectivity index (χ1) is 10.4. The van der Waals surface area contributed by atoms with Gasteiger partial charge in [-0.1, -0.05) is 47.5 Å². The number of carbonyl (C=O) groups is 1. The van der Waals surface area contributed by atoms with Gasteiger partial charge in [-0.25, -0.2) is 0 Å². The van der Waals surface area contributed by atoms with E-state index in [0.29, 0.717) is 32.1 Å². The molecule has 1 N–H and O–H groups in total. The summed E-state index contributed by atoms with van der Waals surface area (Å²) in [5.41, 5.74) is 3.12. The SMILES string of the molecule is Cc1c(Cl)sc(Cl)c1C(=O)NCc1ccc(CS(C)=O)cc1. The Balaban J connectivity index is 2.00. The third kappa shape index (κ3) is 4.32. The number of hydrogen-bond donors (Lipinski definition) is 1. The lowest BCUT2D eigenvalue weighted by atomic mass is 10.1. The van der Waals surface area contributed by atoms with Gasteiger partial charge in [-0.3, -0.25) is 9.00 Å². The fourth-order valence-corrected chi connectivity index (χ4v) is 4.30. The molecular formula is C15H15Cl2NO2S2. The molecule has 0 radical (unpaired) electrons. The van der Waals surface area contributed by atoms with E-state index in [9.17, 15) is 9.00 Å². The van der Waals surface area contributed by atoms with Crippen LogP contribution in [0.2, 0.25) is 8.67 Å². The molecule has 7 heteroatoms. The summed E-state index contributed by atoms with van der Waals surface area (Å²) in [6, 6.07) is 7.67. The van der Waals surface area contributed by atoms with Crippen LogP contribution in [0.1, 0.15) is 27.0 Å². The van der Waals surface area contributed by atoms with Crippen molar-refractivity contribution in [3.8, 4) is 0 Å². The Labute approximate surface area is 146 Å². The summed E-state index contributed by atoms with van der Waals surface area (Å²) in [6.45, 7) is 2.18. The molecule has 0 aliphatic heterocycles. The average molecular weight is 376 g/mol. The maximum Gasteiger partial charge on any atom is 0.254 e. The van der Waals surface area contributed by atoms with Gasteiger partial charge in [0, 0.05) is 29.4 Å². The van der Waals surface area contributed by atoms with Crippen molar-refractivity contribution in [1.29, 1.82) is 0 Å². The summed E-state index contributed by atoms with van der Waals surface area (Å²) in [5, 5.41) is 2.84. The molecule has 0 aliphatic carbocycles. The smallest absolute Gasteiger partial charge is 0.254 e. The molecule has 1 atom stereocenters. The van der Waals surface area contributed by atoms with Crippen molar-refractivity contribution < 1.29 is 9.00 Å². The Morgan fingerprint density at radius 2 is 1.77 bits per heavy atom. The maximum atomic E-state index is 12.2. The predicted octanol–water partition coefficient (Wildman–Crippen LogP) is 4.17. The van der Waals surface area contributed by atoms with Gasteiger partial charge in [-0.2, -0.15) is 0 Å². The quantitative estimate of drug-likeness (QED) is 0.851. The molecule has 0 aliphatic rings. The van der Waals surface area contributed by atoms with Gasteiger partial charge in [0.25, 0.3) is 5.91 Å².